The first kappa shape index (κ1) is 11.0. The summed E-state index contributed by atoms with van der Waals surface area (Å²) in [6.45, 7) is 7.84. The highest BCUT2D eigenvalue weighted by atomic mass is 35.5. The third-order valence-electron chi connectivity index (χ3n) is 2.03. The fourth-order valence-corrected chi connectivity index (χ4v) is 1.47. The van der Waals surface area contributed by atoms with Gasteiger partial charge >= 0.3 is 0 Å². The van der Waals surface area contributed by atoms with Crippen LogP contribution in [0.1, 0.15) is 25.0 Å². The molecule has 0 spiro atoms. The van der Waals surface area contributed by atoms with E-state index in [1.807, 2.05) is 25.1 Å². The van der Waals surface area contributed by atoms with E-state index < -0.39 is 0 Å². The molecule has 14 heavy (non-hydrogen) atoms. The Kier molecular flexibility index (Phi) is 3.90. The van der Waals surface area contributed by atoms with Crippen LogP contribution in [0.15, 0.2) is 29.8 Å². The molecule has 0 bridgehead atoms. The molecule has 0 radical (unpaired) electrons. The first-order chi connectivity index (χ1) is 6.69. The molecule has 0 aromatic heterocycles. The summed E-state index contributed by atoms with van der Waals surface area (Å²) >= 11 is 6.05. The smallest absolute Gasteiger partial charge is 0.0641 e. The first-order valence-electron chi connectivity index (χ1n) is 4.65. The van der Waals surface area contributed by atoms with Crippen molar-refractivity contribution in [2.75, 3.05) is 0 Å². The number of hydrogen-bond acceptors (Lipinski definition) is 1. The van der Waals surface area contributed by atoms with Crippen LogP contribution in [0.3, 0.4) is 0 Å². The minimum absolute atomic E-state index is 0.706. The van der Waals surface area contributed by atoms with E-state index in [0.29, 0.717) is 10.7 Å². The number of aryl methyl sites for hydroxylation is 1. The van der Waals surface area contributed by atoms with Gasteiger partial charge in [0.15, 0.2) is 0 Å². The fraction of sp³-hybridized carbons (Fsp3) is 0.250. The van der Waals surface area contributed by atoms with Crippen molar-refractivity contribution in [3.05, 3.63) is 40.9 Å². The molecule has 0 aliphatic rings. The summed E-state index contributed by atoms with van der Waals surface area (Å²) in [5.41, 5.74) is 2.88. The Labute approximate surface area is 90.1 Å². The normalized spacial score (nSPS) is 10.8. The van der Waals surface area contributed by atoms with Crippen LogP contribution < -0.4 is 0 Å². The minimum atomic E-state index is 0.706. The Balaban J connectivity index is 3.12. The fourth-order valence-electron chi connectivity index (χ4n) is 1.24. The number of rotatable bonds is 3. The van der Waals surface area contributed by atoms with Crippen molar-refractivity contribution in [2.45, 2.75) is 20.3 Å². The summed E-state index contributed by atoms with van der Waals surface area (Å²) < 4.78 is 0. The van der Waals surface area contributed by atoms with E-state index in [-0.39, 0.29) is 0 Å². The van der Waals surface area contributed by atoms with Crippen LogP contribution in [-0.4, -0.2) is 6.21 Å². The van der Waals surface area contributed by atoms with Gasteiger partial charge in [0.25, 0.3) is 0 Å². The first-order valence-corrected chi connectivity index (χ1v) is 5.03. The number of hydrogen-bond donors (Lipinski definition) is 0. The third-order valence-corrected chi connectivity index (χ3v) is 2.36. The lowest BCUT2D eigenvalue weighted by molar-refractivity contribution is 1.14. The third kappa shape index (κ3) is 2.46. The zero-order valence-electron chi connectivity index (χ0n) is 8.55. The zero-order chi connectivity index (χ0) is 10.6. The molecule has 0 saturated carbocycles. The van der Waals surface area contributed by atoms with Crippen molar-refractivity contribution >= 4 is 23.5 Å². The molecule has 1 nitrogen and oxygen atoms in total. The standard InChI is InChI=1S/C12H14ClN/c1-4-10-6-7-12(13)11(8-10)9(3)14-5-2/h5-8H,3-4H2,1-2H3/b14-5-. The second-order valence-corrected chi connectivity index (χ2v) is 3.41. The molecule has 0 atom stereocenters. The van der Waals surface area contributed by atoms with Gasteiger partial charge in [0, 0.05) is 16.8 Å². The predicted octanol–water partition coefficient (Wildman–Crippen LogP) is 3.96. The lowest BCUT2D eigenvalue weighted by Crippen LogP contribution is -1.86. The zero-order valence-corrected chi connectivity index (χ0v) is 9.30. The van der Waals surface area contributed by atoms with Gasteiger partial charge in [-0.2, -0.15) is 0 Å². The maximum atomic E-state index is 6.05. The molecule has 1 aromatic carbocycles. The predicted molar refractivity (Wildman–Crippen MR) is 64.0 cm³/mol. The topological polar surface area (TPSA) is 12.4 Å². The molecule has 0 fully saturated rings. The lowest BCUT2D eigenvalue weighted by atomic mass is 10.1. The second kappa shape index (κ2) is 4.97. The lowest BCUT2D eigenvalue weighted by Gasteiger charge is -2.05. The summed E-state index contributed by atoms with van der Waals surface area (Å²) in [5.74, 6) is 0. The van der Waals surface area contributed by atoms with E-state index in [4.69, 9.17) is 11.6 Å². The molecule has 0 N–H and O–H groups in total. The van der Waals surface area contributed by atoms with Crippen LogP contribution in [-0.2, 0) is 6.42 Å². The van der Waals surface area contributed by atoms with Crippen molar-refractivity contribution in [3.63, 3.8) is 0 Å². The van der Waals surface area contributed by atoms with Crippen LogP contribution in [0.2, 0.25) is 5.02 Å². The van der Waals surface area contributed by atoms with Gasteiger partial charge in [-0.05, 0) is 31.0 Å². The van der Waals surface area contributed by atoms with Crippen molar-refractivity contribution < 1.29 is 0 Å². The number of aliphatic imine (C=N–C) groups is 1. The van der Waals surface area contributed by atoms with E-state index in [2.05, 4.69) is 18.5 Å². The largest absolute Gasteiger partial charge is 0.261 e. The second-order valence-electron chi connectivity index (χ2n) is 3.00. The van der Waals surface area contributed by atoms with E-state index in [9.17, 15) is 0 Å². The van der Waals surface area contributed by atoms with Crippen molar-refractivity contribution in [2.24, 2.45) is 4.99 Å². The quantitative estimate of drug-likeness (QED) is 0.666. The molecule has 0 heterocycles. The molecule has 1 aromatic rings. The average Bonchev–Trinajstić information content (AvgIpc) is 2.19. The molecule has 74 valence electrons. The van der Waals surface area contributed by atoms with Gasteiger partial charge < -0.3 is 0 Å². The van der Waals surface area contributed by atoms with Crippen LogP contribution in [0.4, 0.5) is 0 Å². The number of halogens is 1. The Morgan fingerprint density at radius 1 is 1.57 bits per heavy atom. The average molecular weight is 208 g/mol. The SMILES string of the molecule is C=C(/N=C\C)c1cc(CC)ccc1Cl. The van der Waals surface area contributed by atoms with Crippen LogP contribution in [0.25, 0.3) is 5.70 Å². The Hall–Kier alpha value is -1.08. The maximum absolute atomic E-state index is 6.05. The van der Waals surface area contributed by atoms with E-state index in [1.54, 1.807) is 6.21 Å². The van der Waals surface area contributed by atoms with Crippen molar-refractivity contribution in [1.29, 1.82) is 0 Å². The highest BCUT2D eigenvalue weighted by Gasteiger charge is 2.03. The van der Waals surface area contributed by atoms with Crippen LogP contribution >= 0.6 is 11.6 Å². The van der Waals surface area contributed by atoms with Crippen LogP contribution in [0.5, 0.6) is 0 Å². The highest BCUT2D eigenvalue weighted by molar-refractivity contribution is 6.32. The molecular formula is C12H14ClN. The summed E-state index contributed by atoms with van der Waals surface area (Å²) in [7, 11) is 0. The van der Waals surface area contributed by atoms with Crippen molar-refractivity contribution in [1.82, 2.24) is 0 Å². The molecule has 0 aliphatic heterocycles. The van der Waals surface area contributed by atoms with Gasteiger partial charge in [0.05, 0.1) is 5.70 Å². The molecule has 2 heteroatoms. The summed E-state index contributed by atoms with van der Waals surface area (Å²) in [5, 5.41) is 0.706. The summed E-state index contributed by atoms with van der Waals surface area (Å²) in [6.07, 6.45) is 2.71. The van der Waals surface area contributed by atoms with E-state index >= 15 is 0 Å². The van der Waals surface area contributed by atoms with Gasteiger partial charge in [0.2, 0.25) is 0 Å². The van der Waals surface area contributed by atoms with Gasteiger partial charge in [-0.15, -0.1) is 0 Å². The maximum Gasteiger partial charge on any atom is 0.0641 e. The summed E-state index contributed by atoms with van der Waals surface area (Å²) in [4.78, 5) is 4.13. The highest BCUT2D eigenvalue weighted by Crippen LogP contribution is 2.24. The molecule has 0 unspecified atom stereocenters. The molecule has 0 saturated heterocycles. The van der Waals surface area contributed by atoms with Gasteiger partial charge in [-0.1, -0.05) is 31.2 Å². The Morgan fingerprint density at radius 2 is 2.29 bits per heavy atom. The van der Waals surface area contributed by atoms with Gasteiger partial charge in [-0.3, -0.25) is 4.99 Å². The van der Waals surface area contributed by atoms with Crippen molar-refractivity contribution in [3.8, 4) is 0 Å². The Bertz CT molecular complexity index is 367. The molecule has 0 amide bonds. The molecular weight excluding hydrogens is 194 g/mol. The van der Waals surface area contributed by atoms with E-state index in [1.165, 1.54) is 5.56 Å². The Morgan fingerprint density at radius 3 is 2.86 bits per heavy atom. The number of benzene rings is 1. The molecule has 1 rings (SSSR count). The van der Waals surface area contributed by atoms with Gasteiger partial charge in [-0.25, -0.2) is 0 Å². The monoisotopic (exact) mass is 207 g/mol. The van der Waals surface area contributed by atoms with E-state index in [0.717, 1.165) is 12.0 Å². The van der Waals surface area contributed by atoms with Gasteiger partial charge in [0.1, 0.15) is 0 Å². The van der Waals surface area contributed by atoms with Crippen LogP contribution in [0, 0.1) is 0 Å². The number of nitrogens with zero attached hydrogens (tertiary/aromatic N) is 1. The minimum Gasteiger partial charge on any atom is -0.261 e. The summed E-state index contributed by atoms with van der Waals surface area (Å²) in [6, 6.07) is 5.96. The molecule has 0 aliphatic carbocycles.